The van der Waals surface area contributed by atoms with E-state index in [-0.39, 0.29) is 22.8 Å². The Kier molecular flexibility index (Phi) is 5.31. The Bertz CT molecular complexity index is 791. The van der Waals surface area contributed by atoms with E-state index in [0.29, 0.717) is 13.0 Å². The van der Waals surface area contributed by atoms with Gasteiger partial charge >= 0.3 is 0 Å². The lowest BCUT2D eigenvalue weighted by molar-refractivity contribution is -0.122. The number of rotatable bonds is 5. The Balaban J connectivity index is 1.69. The van der Waals surface area contributed by atoms with Crippen LogP contribution >= 0.6 is 0 Å². The number of hydrogen-bond acceptors (Lipinski definition) is 5. The highest BCUT2D eigenvalue weighted by molar-refractivity contribution is 5.76. The summed E-state index contributed by atoms with van der Waals surface area (Å²) in [5.41, 5.74) is 2.14. The first-order chi connectivity index (χ1) is 12.6. The van der Waals surface area contributed by atoms with E-state index in [1.165, 1.54) is 6.33 Å². The molecule has 2 aromatic heterocycles. The van der Waals surface area contributed by atoms with Gasteiger partial charge in [0.25, 0.3) is 0 Å². The number of aromatic nitrogens is 5. The van der Waals surface area contributed by atoms with Crippen LogP contribution in [0.5, 0.6) is 0 Å². The molecule has 7 heteroatoms. The number of carbonyl (C=O) groups is 1. The van der Waals surface area contributed by atoms with Gasteiger partial charge in [0.15, 0.2) is 0 Å². The highest BCUT2D eigenvalue weighted by Crippen LogP contribution is 2.40. The standard InChI is InChI=1S/C20H30N6O/c1-19(2,3)18-22-11-14-15(9-20(4,5)10-16(14)25-18)24-17(27)7-6-8-26-13-21-12-23-26/h11-13,15H,6-10H2,1-5H3,(H,24,27). The minimum absolute atomic E-state index is 0.0309. The third kappa shape index (κ3) is 4.90. The monoisotopic (exact) mass is 370 g/mol. The summed E-state index contributed by atoms with van der Waals surface area (Å²) in [6, 6.07) is -0.0309. The van der Waals surface area contributed by atoms with Gasteiger partial charge in [0.2, 0.25) is 5.91 Å². The molecule has 146 valence electrons. The molecule has 1 amide bonds. The molecule has 27 heavy (non-hydrogen) atoms. The fourth-order valence-electron chi connectivity index (χ4n) is 3.55. The summed E-state index contributed by atoms with van der Waals surface area (Å²) < 4.78 is 1.74. The van der Waals surface area contributed by atoms with Crippen molar-refractivity contribution in [2.45, 2.75) is 78.3 Å². The van der Waals surface area contributed by atoms with Gasteiger partial charge in [0, 0.05) is 35.8 Å². The molecule has 1 unspecified atom stereocenters. The molecule has 7 nitrogen and oxygen atoms in total. The van der Waals surface area contributed by atoms with E-state index < -0.39 is 0 Å². The molecule has 0 radical (unpaired) electrons. The highest BCUT2D eigenvalue weighted by Gasteiger charge is 2.35. The fourth-order valence-corrected chi connectivity index (χ4v) is 3.55. The van der Waals surface area contributed by atoms with Gasteiger partial charge in [-0.25, -0.2) is 15.0 Å². The van der Waals surface area contributed by atoms with Crippen LogP contribution in [0.2, 0.25) is 0 Å². The normalized spacial score (nSPS) is 18.8. The third-order valence-corrected chi connectivity index (χ3v) is 4.94. The Labute approximate surface area is 161 Å². The van der Waals surface area contributed by atoms with Gasteiger partial charge in [-0.15, -0.1) is 0 Å². The molecular weight excluding hydrogens is 340 g/mol. The van der Waals surface area contributed by atoms with Gasteiger partial charge in [-0.1, -0.05) is 34.6 Å². The molecule has 2 heterocycles. The van der Waals surface area contributed by atoms with Crippen molar-refractivity contribution in [3.8, 4) is 0 Å². The van der Waals surface area contributed by atoms with Crippen LogP contribution < -0.4 is 5.32 Å². The van der Waals surface area contributed by atoms with Crippen LogP contribution in [0.1, 0.15) is 77.0 Å². The van der Waals surface area contributed by atoms with Crippen LogP contribution in [0.4, 0.5) is 0 Å². The topological polar surface area (TPSA) is 85.6 Å². The van der Waals surface area contributed by atoms with Crippen LogP contribution in [-0.2, 0) is 23.2 Å². The molecular formula is C20H30N6O. The first-order valence-electron chi connectivity index (χ1n) is 9.62. The smallest absolute Gasteiger partial charge is 0.220 e. The van der Waals surface area contributed by atoms with Crippen LogP contribution in [-0.4, -0.2) is 30.6 Å². The summed E-state index contributed by atoms with van der Waals surface area (Å²) in [6.45, 7) is 11.5. The predicted octanol–water partition coefficient (Wildman–Crippen LogP) is 2.98. The lowest BCUT2D eigenvalue weighted by Crippen LogP contribution is -2.37. The molecule has 0 aromatic carbocycles. The number of amides is 1. The average molecular weight is 371 g/mol. The lowest BCUT2D eigenvalue weighted by Gasteiger charge is -2.37. The van der Waals surface area contributed by atoms with Gasteiger partial charge in [0.1, 0.15) is 18.5 Å². The largest absolute Gasteiger partial charge is 0.349 e. The molecule has 3 rings (SSSR count). The van der Waals surface area contributed by atoms with E-state index in [9.17, 15) is 4.79 Å². The maximum absolute atomic E-state index is 12.5. The average Bonchev–Trinajstić information content (AvgIpc) is 3.05. The van der Waals surface area contributed by atoms with E-state index >= 15 is 0 Å². The summed E-state index contributed by atoms with van der Waals surface area (Å²) in [7, 11) is 0. The van der Waals surface area contributed by atoms with Crippen molar-refractivity contribution >= 4 is 5.91 Å². The van der Waals surface area contributed by atoms with Crippen LogP contribution in [0.25, 0.3) is 0 Å². The summed E-state index contributed by atoms with van der Waals surface area (Å²) in [5.74, 6) is 0.917. The van der Waals surface area contributed by atoms with Crippen molar-refractivity contribution in [1.29, 1.82) is 0 Å². The molecule has 0 saturated heterocycles. The van der Waals surface area contributed by atoms with Crippen molar-refractivity contribution in [3.05, 3.63) is 35.9 Å². The van der Waals surface area contributed by atoms with Gasteiger partial charge < -0.3 is 5.32 Å². The van der Waals surface area contributed by atoms with Crippen molar-refractivity contribution in [3.63, 3.8) is 0 Å². The van der Waals surface area contributed by atoms with E-state index in [2.05, 4.69) is 55.0 Å². The van der Waals surface area contributed by atoms with Crippen molar-refractivity contribution < 1.29 is 4.79 Å². The minimum atomic E-state index is -0.0866. The molecule has 2 aromatic rings. The predicted molar refractivity (Wildman–Crippen MR) is 103 cm³/mol. The SMILES string of the molecule is CC1(C)Cc2nc(C(C)(C)C)ncc2C(NC(=O)CCCn2cncn2)C1. The van der Waals surface area contributed by atoms with Crippen molar-refractivity contribution in [2.24, 2.45) is 5.41 Å². The number of aryl methyl sites for hydroxylation is 1. The molecule has 0 saturated carbocycles. The Morgan fingerprint density at radius 1 is 1.37 bits per heavy atom. The maximum atomic E-state index is 12.5. The molecule has 0 spiro atoms. The van der Waals surface area contributed by atoms with Crippen LogP contribution in [0.15, 0.2) is 18.9 Å². The fraction of sp³-hybridized carbons (Fsp3) is 0.650. The van der Waals surface area contributed by atoms with Gasteiger partial charge in [-0.05, 0) is 24.7 Å². The summed E-state index contributed by atoms with van der Waals surface area (Å²) in [6.07, 6.45) is 8.09. The molecule has 1 N–H and O–H groups in total. The van der Waals surface area contributed by atoms with E-state index in [4.69, 9.17) is 4.98 Å². The molecule has 0 bridgehead atoms. The van der Waals surface area contributed by atoms with Gasteiger partial charge in [-0.2, -0.15) is 5.10 Å². The van der Waals surface area contributed by atoms with E-state index in [1.807, 2.05) is 6.20 Å². The highest BCUT2D eigenvalue weighted by atomic mass is 16.1. The van der Waals surface area contributed by atoms with Gasteiger partial charge in [0.05, 0.1) is 6.04 Å². The molecule has 1 aliphatic carbocycles. The van der Waals surface area contributed by atoms with E-state index in [0.717, 1.165) is 36.3 Å². The summed E-state index contributed by atoms with van der Waals surface area (Å²) >= 11 is 0. The first-order valence-corrected chi connectivity index (χ1v) is 9.62. The zero-order valence-electron chi connectivity index (χ0n) is 17.0. The number of carbonyl (C=O) groups excluding carboxylic acids is 1. The number of fused-ring (bicyclic) bond motifs is 1. The molecule has 0 fully saturated rings. The summed E-state index contributed by atoms with van der Waals surface area (Å²) in [4.78, 5) is 25.8. The number of hydrogen-bond donors (Lipinski definition) is 1. The zero-order chi connectivity index (χ0) is 19.7. The summed E-state index contributed by atoms with van der Waals surface area (Å²) in [5, 5.41) is 7.27. The maximum Gasteiger partial charge on any atom is 0.220 e. The zero-order valence-corrected chi connectivity index (χ0v) is 17.0. The molecule has 1 aliphatic rings. The van der Waals surface area contributed by atoms with Crippen molar-refractivity contribution in [1.82, 2.24) is 30.0 Å². The Morgan fingerprint density at radius 2 is 2.15 bits per heavy atom. The number of nitrogens with one attached hydrogen (secondary N) is 1. The van der Waals surface area contributed by atoms with Gasteiger partial charge in [-0.3, -0.25) is 9.48 Å². The van der Waals surface area contributed by atoms with Crippen LogP contribution in [0.3, 0.4) is 0 Å². The Morgan fingerprint density at radius 3 is 2.81 bits per heavy atom. The second kappa shape index (κ2) is 7.37. The van der Waals surface area contributed by atoms with Crippen LogP contribution in [0, 0.1) is 5.41 Å². The third-order valence-electron chi connectivity index (χ3n) is 4.94. The first kappa shape index (κ1) is 19.5. The van der Waals surface area contributed by atoms with Crippen molar-refractivity contribution in [2.75, 3.05) is 0 Å². The lowest BCUT2D eigenvalue weighted by atomic mass is 9.74. The quantitative estimate of drug-likeness (QED) is 0.874. The molecule has 0 aliphatic heterocycles. The second-order valence-corrected chi connectivity index (χ2v) is 9.27. The minimum Gasteiger partial charge on any atom is -0.349 e. The molecule has 1 atom stereocenters. The second-order valence-electron chi connectivity index (χ2n) is 9.27. The van der Waals surface area contributed by atoms with E-state index in [1.54, 1.807) is 11.0 Å². The Hall–Kier alpha value is -2.31. The number of nitrogens with zero attached hydrogens (tertiary/aromatic N) is 5.